The summed E-state index contributed by atoms with van der Waals surface area (Å²) < 4.78 is 0. The Kier molecular flexibility index (Phi) is 11.9. The van der Waals surface area contributed by atoms with E-state index in [1.807, 2.05) is 12.1 Å². The molecule has 1 aromatic rings. The molecule has 0 N–H and O–H groups in total. The van der Waals surface area contributed by atoms with Gasteiger partial charge in [-0.05, 0) is 0 Å². The molecule has 0 saturated heterocycles. The fourth-order valence-corrected chi connectivity index (χ4v) is 1.86. The van der Waals surface area contributed by atoms with E-state index >= 15 is 0 Å². The van der Waals surface area contributed by atoms with Crippen LogP contribution < -0.4 is 29.6 Å². The molecule has 0 saturated carbocycles. The van der Waals surface area contributed by atoms with Crippen molar-refractivity contribution in [2.24, 2.45) is 0 Å². The standard InChI is InChI=1S/C15H23.Na/c1-2-3-4-5-6-7-9-12-15-13-10-8-11-14-15;/h8,10-11,13H,2-7,9,12H2,1H3;/q-1;+1. The molecule has 0 spiro atoms. The van der Waals surface area contributed by atoms with Crippen LogP contribution in [-0.4, -0.2) is 0 Å². The third-order valence-electron chi connectivity index (χ3n) is 2.82. The molecule has 0 aromatic heterocycles. The second-order valence-electron chi connectivity index (χ2n) is 4.26. The maximum Gasteiger partial charge on any atom is 1.00 e. The second-order valence-corrected chi connectivity index (χ2v) is 4.26. The van der Waals surface area contributed by atoms with E-state index in [9.17, 15) is 0 Å². The molecule has 0 fully saturated rings. The van der Waals surface area contributed by atoms with E-state index in [1.165, 1.54) is 56.9 Å². The van der Waals surface area contributed by atoms with Crippen LogP contribution in [0.5, 0.6) is 0 Å². The maximum absolute atomic E-state index is 3.28. The molecule has 84 valence electrons. The van der Waals surface area contributed by atoms with Crippen molar-refractivity contribution in [3.05, 3.63) is 35.9 Å². The average Bonchev–Trinajstić information content (AvgIpc) is 2.29. The van der Waals surface area contributed by atoms with Crippen molar-refractivity contribution in [3.63, 3.8) is 0 Å². The average molecular weight is 226 g/mol. The van der Waals surface area contributed by atoms with Gasteiger partial charge < -0.3 is 0 Å². The fraction of sp³-hybridized carbons (Fsp3) is 0.600. The minimum Gasteiger partial charge on any atom is -0.180 e. The summed E-state index contributed by atoms with van der Waals surface area (Å²) in [4.78, 5) is 0. The Labute approximate surface area is 123 Å². The molecular weight excluding hydrogens is 203 g/mol. The second kappa shape index (κ2) is 11.7. The summed E-state index contributed by atoms with van der Waals surface area (Å²) in [6, 6.07) is 11.6. The molecular formula is C15H23Na. The zero-order valence-corrected chi connectivity index (χ0v) is 13.0. The van der Waals surface area contributed by atoms with Gasteiger partial charge >= 0.3 is 29.6 Å². The maximum atomic E-state index is 3.28. The predicted octanol–water partition coefficient (Wildman–Crippen LogP) is 1.78. The van der Waals surface area contributed by atoms with E-state index in [0.717, 1.165) is 0 Å². The summed E-state index contributed by atoms with van der Waals surface area (Å²) in [6.45, 7) is 2.27. The molecule has 0 aliphatic heterocycles. The van der Waals surface area contributed by atoms with Crippen LogP contribution in [0.2, 0.25) is 0 Å². The van der Waals surface area contributed by atoms with Crippen molar-refractivity contribution in [2.45, 2.75) is 58.3 Å². The molecule has 0 nitrogen and oxygen atoms in total. The summed E-state index contributed by atoms with van der Waals surface area (Å²) in [5.74, 6) is 0. The third kappa shape index (κ3) is 8.38. The van der Waals surface area contributed by atoms with E-state index in [0.29, 0.717) is 0 Å². The van der Waals surface area contributed by atoms with Gasteiger partial charge in [-0.3, -0.25) is 0 Å². The first-order chi connectivity index (χ1) is 7.43. The molecule has 0 radical (unpaired) electrons. The van der Waals surface area contributed by atoms with E-state index in [1.54, 1.807) is 0 Å². The van der Waals surface area contributed by atoms with Gasteiger partial charge in [-0.25, -0.2) is 0 Å². The van der Waals surface area contributed by atoms with Crippen molar-refractivity contribution in [1.82, 2.24) is 0 Å². The summed E-state index contributed by atoms with van der Waals surface area (Å²) >= 11 is 0. The quantitative estimate of drug-likeness (QED) is 0.360. The summed E-state index contributed by atoms with van der Waals surface area (Å²) in [5.41, 5.74) is 1.37. The number of rotatable bonds is 8. The number of aryl methyl sites for hydroxylation is 1. The van der Waals surface area contributed by atoms with Crippen LogP contribution in [0.15, 0.2) is 24.3 Å². The van der Waals surface area contributed by atoms with Gasteiger partial charge in [-0.1, -0.05) is 58.3 Å². The van der Waals surface area contributed by atoms with Crippen molar-refractivity contribution in [2.75, 3.05) is 0 Å². The normalized spacial score (nSPS) is 9.81. The smallest absolute Gasteiger partial charge is 0.180 e. The van der Waals surface area contributed by atoms with Crippen LogP contribution in [0, 0.1) is 6.07 Å². The molecule has 0 aliphatic rings. The van der Waals surface area contributed by atoms with E-state index in [2.05, 4.69) is 25.1 Å². The Morgan fingerprint density at radius 3 is 2.25 bits per heavy atom. The first-order valence-electron chi connectivity index (χ1n) is 6.39. The molecule has 0 atom stereocenters. The van der Waals surface area contributed by atoms with Crippen LogP contribution in [0.3, 0.4) is 0 Å². The van der Waals surface area contributed by atoms with Crippen LogP contribution in [0.25, 0.3) is 0 Å². The topological polar surface area (TPSA) is 0 Å². The molecule has 0 heterocycles. The molecule has 0 amide bonds. The first kappa shape index (κ1) is 16.2. The van der Waals surface area contributed by atoms with Gasteiger partial charge in [-0.15, -0.1) is 0 Å². The SMILES string of the molecule is CCCCCCCCCc1[c-]cccc1.[Na+]. The van der Waals surface area contributed by atoms with Crippen molar-refractivity contribution < 1.29 is 29.6 Å². The zero-order valence-electron chi connectivity index (χ0n) is 11.0. The minimum absolute atomic E-state index is 0. The van der Waals surface area contributed by atoms with Gasteiger partial charge in [0.25, 0.3) is 0 Å². The Bertz CT molecular complexity index is 230. The molecule has 0 aliphatic carbocycles. The Hall–Kier alpha value is 0.220. The van der Waals surface area contributed by atoms with Crippen LogP contribution in [0.4, 0.5) is 0 Å². The minimum atomic E-state index is 0. The fourth-order valence-electron chi connectivity index (χ4n) is 1.86. The Balaban J connectivity index is 0.00000225. The monoisotopic (exact) mass is 226 g/mol. The van der Waals surface area contributed by atoms with Crippen LogP contribution in [-0.2, 0) is 6.42 Å². The van der Waals surface area contributed by atoms with E-state index in [-0.39, 0.29) is 29.6 Å². The van der Waals surface area contributed by atoms with Gasteiger partial charge in [-0.2, -0.15) is 35.9 Å². The van der Waals surface area contributed by atoms with Crippen molar-refractivity contribution >= 4 is 0 Å². The van der Waals surface area contributed by atoms with Gasteiger partial charge in [0.15, 0.2) is 0 Å². The molecule has 1 heteroatoms. The number of unbranched alkanes of at least 4 members (excludes halogenated alkanes) is 6. The van der Waals surface area contributed by atoms with Gasteiger partial charge in [0.1, 0.15) is 0 Å². The van der Waals surface area contributed by atoms with Gasteiger partial charge in [0, 0.05) is 0 Å². The first-order valence-corrected chi connectivity index (χ1v) is 6.39. The molecule has 0 unspecified atom stereocenters. The largest absolute Gasteiger partial charge is 1.00 e. The Morgan fingerprint density at radius 1 is 0.938 bits per heavy atom. The summed E-state index contributed by atoms with van der Waals surface area (Å²) in [6.07, 6.45) is 10.9. The number of hydrogen-bond acceptors (Lipinski definition) is 0. The van der Waals surface area contributed by atoms with Gasteiger partial charge in [0.2, 0.25) is 0 Å². The summed E-state index contributed by atoms with van der Waals surface area (Å²) in [5, 5.41) is 0. The van der Waals surface area contributed by atoms with Gasteiger partial charge in [0.05, 0.1) is 0 Å². The zero-order chi connectivity index (χ0) is 10.8. The van der Waals surface area contributed by atoms with Crippen LogP contribution in [0.1, 0.15) is 57.4 Å². The summed E-state index contributed by atoms with van der Waals surface area (Å²) in [7, 11) is 0. The van der Waals surface area contributed by atoms with E-state index in [4.69, 9.17) is 0 Å². The van der Waals surface area contributed by atoms with Crippen LogP contribution >= 0.6 is 0 Å². The number of hydrogen-bond donors (Lipinski definition) is 0. The predicted molar refractivity (Wildman–Crippen MR) is 67.0 cm³/mol. The molecule has 1 rings (SSSR count). The Morgan fingerprint density at radius 2 is 1.62 bits per heavy atom. The van der Waals surface area contributed by atoms with Crippen molar-refractivity contribution in [1.29, 1.82) is 0 Å². The van der Waals surface area contributed by atoms with Crippen molar-refractivity contribution in [3.8, 4) is 0 Å². The number of benzene rings is 1. The molecule has 0 bridgehead atoms. The van der Waals surface area contributed by atoms with E-state index < -0.39 is 0 Å². The molecule has 16 heavy (non-hydrogen) atoms. The third-order valence-corrected chi connectivity index (χ3v) is 2.82. The molecule has 1 aromatic carbocycles.